The number of thiophene rings is 1. The van der Waals surface area contributed by atoms with Crippen molar-refractivity contribution >= 4 is 44.9 Å². The standard InChI is InChI=1S/C23H19F2N3O2S2/c1-3-14-6-4-5-13(2)20(14)27-19(29)12-32-23-26-18-7-8-31-21(18)22(30)28(23)17-10-15(24)9-16(25)11-17/h4-11H,3,12H2,1-2H3,(H,27,29). The Hall–Kier alpha value is -3.04. The van der Waals surface area contributed by atoms with Crippen molar-refractivity contribution in [1.29, 1.82) is 0 Å². The lowest BCUT2D eigenvalue weighted by Crippen LogP contribution is -2.22. The van der Waals surface area contributed by atoms with Crippen molar-refractivity contribution in [2.45, 2.75) is 25.4 Å². The minimum absolute atomic E-state index is 0.0189. The zero-order chi connectivity index (χ0) is 22.8. The molecular weight excluding hydrogens is 452 g/mol. The summed E-state index contributed by atoms with van der Waals surface area (Å²) >= 11 is 2.23. The van der Waals surface area contributed by atoms with E-state index in [9.17, 15) is 18.4 Å². The molecule has 0 atom stereocenters. The van der Waals surface area contributed by atoms with Gasteiger partial charge in [0, 0.05) is 11.8 Å². The quantitative estimate of drug-likeness (QED) is 0.305. The maximum atomic E-state index is 13.9. The van der Waals surface area contributed by atoms with Crippen molar-refractivity contribution in [3.05, 3.63) is 81.0 Å². The summed E-state index contributed by atoms with van der Waals surface area (Å²) in [7, 11) is 0. The molecule has 0 fully saturated rings. The van der Waals surface area contributed by atoms with Gasteiger partial charge in [-0.15, -0.1) is 11.3 Å². The third-order valence-corrected chi connectivity index (χ3v) is 6.72. The normalized spacial score (nSPS) is 11.1. The summed E-state index contributed by atoms with van der Waals surface area (Å²) in [5, 5.41) is 4.84. The highest BCUT2D eigenvalue weighted by Gasteiger charge is 2.17. The summed E-state index contributed by atoms with van der Waals surface area (Å²) in [5.74, 6) is -1.91. The van der Waals surface area contributed by atoms with E-state index in [4.69, 9.17) is 0 Å². The van der Waals surface area contributed by atoms with Gasteiger partial charge in [-0.25, -0.2) is 13.8 Å². The number of carbonyl (C=O) groups is 1. The second-order valence-corrected chi connectivity index (χ2v) is 8.96. The molecule has 0 radical (unpaired) electrons. The number of nitrogens with one attached hydrogen (secondary N) is 1. The molecule has 0 saturated heterocycles. The number of nitrogens with zero attached hydrogens (tertiary/aromatic N) is 2. The lowest BCUT2D eigenvalue weighted by atomic mass is 10.1. The fourth-order valence-electron chi connectivity index (χ4n) is 3.39. The molecule has 0 spiro atoms. The Morgan fingerprint density at radius 1 is 1.19 bits per heavy atom. The molecule has 0 aliphatic carbocycles. The molecule has 2 aromatic heterocycles. The van der Waals surface area contributed by atoms with Gasteiger partial charge in [0.1, 0.15) is 16.3 Å². The minimum Gasteiger partial charge on any atom is -0.325 e. The van der Waals surface area contributed by atoms with Gasteiger partial charge < -0.3 is 5.32 Å². The summed E-state index contributed by atoms with van der Waals surface area (Å²) in [6.07, 6.45) is 0.769. The number of halogens is 2. The second kappa shape index (κ2) is 9.22. The van der Waals surface area contributed by atoms with E-state index in [1.807, 2.05) is 32.0 Å². The van der Waals surface area contributed by atoms with Crippen LogP contribution in [0, 0.1) is 18.6 Å². The van der Waals surface area contributed by atoms with E-state index < -0.39 is 17.2 Å². The van der Waals surface area contributed by atoms with Gasteiger partial charge in [0.2, 0.25) is 5.91 Å². The van der Waals surface area contributed by atoms with Gasteiger partial charge in [0.25, 0.3) is 5.56 Å². The number of rotatable bonds is 6. The van der Waals surface area contributed by atoms with E-state index in [2.05, 4.69) is 10.3 Å². The molecule has 164 valence electrons. The fourth-order valence-corrected chi connectivity index (χ4v) is 4.96. The van der Waals surface area contributed by atoms with Crippen molar-refractivity contribution in [2.24, 2.45) is 0 Å². The summed E-state index contributed by atoms with van der Waals surface area (Å²) in [6, 6.07) is 10.4. The topological polar surface area (TPSA) is 64.0 Å². The monoisotopic (exact) mass is 471 g/mol. The lowest BCUT2D eigenvalue weighted by molar-refractivity contribution is -0.113. The summed E-state index contributed by atoms with van der Waals surface area (Å²) < 4.78 is 29.2. The molecule has 4 rings (SSSR count). The number of carbonyl (C=O) groups excluding carboxylic acids is 1. The van der Waals surface area contributed by atoms with Crippen molar-refractivity contribution in [3.8, 4) is 5.69 Å². The Morgan fingerprint density at radius 2 is 1.94 bits per heavy atom. The van der Waals surface area contributed by atoms with E-state index >= 15 is 0 Å². The molecule has 5 nitrogen and oxygen atoms in total. The average Bonchev–Trinajstić information content (AvgIpc) is 3.22. The van der Waals surface area contributed by atoms with Gasteiger partial charge in [0.15, 0.2) is 5.16 Å². The third kappa shape index (κ3) is 4.44. The molecule has 0 bridgehead atoms. The summed E-state index contributed by atoms with van der Waals surface area (Å²) in [6.45, 7) is 3.93. The van der Waals surface area contributed by atoms with Crippen LogP contribution >= 0.6 is 23.1 Å². The van der Waals surface area contributed by atoms with Crippen LogP contribution in [0.25, 0.3) is 15.9 Å². The van der Waals surface area contributed by atoms with Crippen LogP contribution in [0.15, 0.2) is 57.8 Å². The van der Waals surface area contributed by atoms with Crippen LogP contribution in [0.1, 0.15) is 18.1 Å². The maximum absolute atomic E-state index is 13.9. The molecule has 0 unspecified atom stereocenters. The highest BCUT2D eigenvalue weighted by atomic mass is 32.2. The number of aromatic nitrogens is 2. The van der Waals surface area contributed by atoms with Crippen molar-refractivity contribution in [1.82, 2.24) is 9.55 Å². The minimum atomic E-state index is -0.807. The Morgan fingerprint density at radius 3 is 2.66 bits per heavy atom. The summed E-state index contributed by atoms with van der Waals surface area (Å²) in [4.78, 5) is 30.2. The molecule has 2 aromatic carbocycles. The van der Waals surface area contributed by atoms with E-state index in [0.717, 1.165) is 57.8 Å². The Labute approximate surface area is 191 Å². The smallest absolute Gasteiger partial charge is 0.276 e. The number of amides is 1. The van der Waals surface area contributed by atoms with Crippen molar-refractivity contribution < 1.29 is 13.6 Å². The van der Waals surface area contributed by atoms with Gasteiger partial charge in [-0.3, -0.25) is 14.2 Å². The van der Waals surface area contributed by atoms with Crippen molar-refractivity contribution in [3.63, 3.8) is 0 Å². The average molecular weight is 472 g/mol. The first-order valence-electron chi connectivity index (χ1n) is 9.85. The van der Waals surface area contributed by atoms with Crippen LogP contribution in [0.4, 0.5) is 14.5 Å². The molecular formula is C23H19F2N3O2S2. The third-order valence-electron chi connectivity index (χ3n) is 4.89. The predicted octanol–water partition coefficient (Wildman–Crippen LogP) is 5.33. The second-order valence-electron chi connectivity index (χ2n) is 7.10. The number of para-hydroxylation sites is 1. The maximum Gasteiger partial charge on any atom is 0.276 e. The first-order chi connectivity index (χ1) is 15.4. The fraction of sp³-hybridized carbons (Fsp3) is 0.174. The van der Waals surface area contributed by atoms with Crippen LogP contribution in [0.2, 0.25) is 0 Å². The zero-order valence-electron chi connectivity index (χ0n) is 17.3. The molecule has 1 N–H and O–H groups in total. The van der Waals surface area contributed by atoms with E-state index in [0.29, 0.717) is 10.2 Å². The molecule has 32 heavy (non-hydrogen) atoms. The molecule has 2 heterocycles. The molecule has 0 saturated carbocycles. The Bertz CT molecular complexity index is 1360. The zero-order valence-corrected chi connectivity index (χ0v) is 18.9. The van der Waals surface area contributed by atoms with Gasteiger partial charge >= 0.3 is 0 Å². The highest BCUT2D eigenvalue weighted by Crippen LogP contribution is 2.26. The largest absolute Gasteiger partial charge is 0.325 e. The summed E-state index contributed by atoms with van der Waals surface area (Å²) in [5.41, 5.74) is 2.80. The molecule has 0 aliphatic rings. The van der Waals surface area contributed by atoms with Gasteiger partial charge in [-0.2, -0.15) is 0 Å². The SMILES string of the molecule is CCc1cccc(C)c1NC(=O)CSc1nc2ccsc2c(=O)n1-c1cc(F)cc(F)c1. The lowest BCUT2D eigenvalue weighted by Gasteiger charge is -2.14. The Balaban J connectivity index is 1.67. The molecule has 0 aliphatic heterocycles. The number of fused-ring (bicyclic) bond motifs is 1. The highest BCUT2D eigenvalue weighted by molar-refractivity contribution is 7.99. The van der Waals surface area contributed by atoms with Crippen LogP contribution in [-0.2, 0) is 11.2 Å². The van der Waals surface area contributed by atoms with Crippen LogP contribution in [-0.4, -0.2) is 21.2 Å². The number of aryl methyl sites for hydroxylation is 2. The molecule has 1 amide bonds. The predicted molar refractivity (Wildman–Crippen MR) is 125 cm³/mol. The number of thioether (sulfide) groups is 1. The Kier molecular flexibility index (Phi) is 6.38. The van der Waals surface area contributed by atoms with Crippen molar-refractivity contribution in [2.75, 3.05) is 11.1 Å². The van der Waals surface area contributed by atoms with Crippen LogP contribution in [0.3, 0.4) is 0 Å². The number of benzene rings is 2. The van der Waals surface area contributed by atoms with Gasteiger partial charge in [-0.05, 0) is 48.1 Å². The first-order valence-corrected chi connectivity index (χ1v) is 11.7. The number of anilines is 1. The van der Waals surface area contributed by atoms with E-state index in [1.165, 1.54) is 11.3 Å². The van der Waals surface area contributed by atoms with Gasteiger partial charge in [0.05, 0.1) is 17.0 Å². The number of hydrogen-bond donors (Lipinski definition) is 1. The van der Waals surface area contributed by atoms with E-state index in [1.54, 1.807) is 11.4 Å². The molecule has 4 aromatic rings. The van der Waals surface area contributed by atoms with Crippen LogP contribution < -0.4 is 10.9 Å². The first kappa shape index (κ1) is 22.2. The van der Waals surface area contributed by atoms with Crippen LogP contribution in [0.5, 0.6) is 0 Å². The number of hydrogen-bond acceptors (Lipinski definition) is 5. The van der Waals surface area contributed by atoms with E-state index in [-0.39, 0.29) is 22.5 Å². The van der Waals surface area contributed by atoms with Gasteiger partial charge in [-0.1, -0.05) is 36.9 Å². The molecule has 9 heteroatoms.